The van der Waals surface area contributed by atoms with Gasteiger partial charge in [0.05, 0.1) is 0 Å². The smallest absolute Gasteiger partial charge is 0.319 e. The van der Waals surface area contributed by atoms with E-state index in [4.69, 9.17) is 0 Å². The minimum absolute atomic E-state index is 0.196. The molecule has 1 saturated carbocycles. The summed E-state index contributed by atoms with van der Waals surface area (Å²) >= 11 is 0. The van der Waals surface area contributed by atoms with E-state index in [0.717, 1.165) is 37.9 Å². The van der Waals surface area contributed by atoms with Gasteiger partial charge in [-0.3, -0.25) is 4.79 Å². The van der Waals surface area contributed by atoms with E-state index in [9.17, 15) is 9.59 Å². The molecule has 5 nitrogen and oxygen atoms in total. The van der Waals surface area contributed by atoms with Crippen LogP contribution in [0.4, 0.5) is 10.5 Å². The van der Waals surface area contributed by atoms with Crippen molar-refractivity contribution in [2.75, 3.05) is 18.4 Å². The Labute approximate surface area is 143 Å². The highest BCUT2D eigenvalue weighted by Gasteiger charge is 2.39. The third kappa shape index (κ3) is 3.89. The summed E-state index contributed by atoms with van der Waals surface area (Å²) in [5.41, 5.74) is 3.42. The molecular weight excluding hydrogens is 302 g/mol. The summed E-state index contributed by atoms with van der Waals surface area (Å²) in [5.74, 6) is 0.477. The number of carbonyl (C=O) groups excluding carboxylic acids is 2. The van der Waals surface area contributed by atoms with Gasteiger partial charge in [-0.25, -0.2) is 4.79 Å². The van der Waals surface area contributed by atoms with E-state index < -0.39 is 0 Å². The van der Waals surface area contributed by atoms with Gasteiger partial charge in [-0.1, -0.05) is 19.9 Å². The first-order chi connectivity index (χ1) is 11.6. The Kier molecular flexibility index (Phi) is 5.07. The maximum absolute atomic E-state index is 12.1. The number of aryl methyl sites for hydroxylation is 2. The van der Waals surface area contributed by atoms with E-state index in [0.29, 0.717) is 19.0 Å². The van der Waals surface area contributed by atoms with Crippen molar-refractivity contribution in [2.24, 2.45) is 5.92 Å². The summed E-state index contributed by atoms with van der Waals surface area (Å²) in [6.07, 6.45) is 4.80. The van der Waals surface area contributed by atoms with Crippen molar-refractivity contribution in [1.82, 2.24) is 10.2 Å². The highest BCUT2D eigenvalue weighted by atomic mass is 16.2. The number of carbonyl (C=O) groups is 2. The lowest BCUT2D eigenvalue weighted by molar-refractivity contribution is -0.128. The molecule has 3 amide bonds. The molecule has 5 heteroatoms. The Morgan fingerprint density at radius 3 is 2.62 bits per heavy atom. The first-order valence-electron chi connectivity index (χ1n) is 9.06. The van der Waals surface area contributed by atoms with Gasteiger partial charge in [0.2, 0.25) is 5.91 Å². The molecule has 2 aliphatic rings. The largest absolute Gasteiger partial charge is 0.339 e. The van der Waals surface area contributed by atoms with Crippen molar-refractivity contribution >= 4 is 17.6 Å². The highest BCUT2D eigenvalue weighted by Crippen LogP contribution is 2.32. The van der Waals surface area contributed by atoms with Crippen LogP contribution in [-0.2, 0) is 17.6 Å². The molecule has 0 spiro atoms. The second kappa shape index (κ2) is 7.24. The van der Waals surface area contributed by atoms with Crippen LogP contribution >= 0.6 is 0 Å². The Bertz CT molecular complexity index is 625. The molecule has 1 aromatic carbocycles. The van der Waals surface area contributed by atoms with E-state index >= 15 is 0 Å². The van der Waals surface area contributed by atoms with Crippen LogP contribution in [0.2, 0.25) is 0 Å². The van der Waals surface area contributed by atoms with Crippen molar-refractivity contribution in [3.05, 3.63) is 29.3 Å². The van der Waals surface area contributed by atoms with Crippen molar-refractivity contribution in [3.63, 3.8) is 0 Å². The molecule has 1 aliphatic heterocycles. The zero-order valence-electron chi connectivity index (χ0n) is 14.6. The van der Waals surface area contributed by atoms with Crippen LogP contribution in [0.5, 0.6) is 0 Å². The monoisotopic (exact) mass is 329 g/mol. The van der Waals surface area contributed by atoms with Crippen molar-refractivity contribution in [1.29, 1.82) is 0 Å². The Hall–Kier alpha value is -2.04. The maximum atomic E-state index is 12.1. The van der Waals surface area contributed by atoms with Crippen molar-refractivity contribution < 1.29 is 9.59 Å². The fourth-order valence-corrected chi connectivity index (χ4v) is 3.47. The summed E-state index contributed by atoms with van der Waals surface area (Å²) < 4.78 is 0. The lowest BCUT2D eigenvalue weighted by Gasteiger charge is -2.16. The predicted molar refractivity (Wildman–Crippen MR) is 95.1 cm³/mol. The first-order valence-corrected chi connectivity index (χ1v) is 9.06. The first kappa shape index (κ1) is 16.8. The summed E-state index contributed by atoms with van der Waals surface area (Å²) in [6, 6.07) is 6.36. The second-order valence-corrected chi connectivity index (χ2v) is 6.87. The van der Waals surface area contributed by atoms with E-state index in [1.54, 1.807) is 0 Å². The number of hydrogen-bond acceptors (Lipinski definition) is 2. The normalized spacial score (nSPS) is 20.3. The van der Waals surface area contributed by atoms with Crippen LogP contribution in [0.3, 0.4) is 0 Å². The zero-order valence-corrected chi connectivity index (χ0v) is 14.6. The number of hydrogen-bond donors (Lipinski definition) is 2. The van der Waals surface area contributed by atoms with Gasteiger partial charge in [0.25, 0.3) is 0 Å². The number of likely N-dealkylation sites (tertiary alicyclic amines) is 1. The summed E-state index contributed by atoms with van der Waals surface area (Å²) in [4.78, 5) is 26.0. The number of urea groups is 1. The lowest BCUT2D eigenvalue weighted by atomic mass is 10.0. The number of nitrogens with zero attached hydrogens (tertiary/aromatic N) is 1. The molecule has 0 unspecified atom stereocenters. The van der Waals surface area contributed by atoms with Gasteiger partial charge >= 0.3 is 6.03 Å². The number of anilines is 1. The van der Waals surface area contributed by atoms with Crippen LogP contribution in [-0.4, -0.2) is 36.0 Å². The van der Waals surface area contributed by atoms with Gasteiger partial charge in [0.15, 0.2) is 0 Å². The Morgan fingerprint density at radius 2 is 1.96 bits per heavy atom. The molecule has 1 heterocycles. The molecule has 2 N–H and O–H groups in total. The third-order valence-electron chi connectivity index (χ3n) is 5.00. The zero-order chi connectivity index (χ0) is 17.1. The molecule has 2 fully saturated rings. The van der Waals surface area contributed by atoms with Gasteiger partial charge in [0.1, 0.15) is 0 Å². The fourth-order valence-electron chi connectivity index (χ4n) is 3.47. The average molecular weight is 329 g/mol. The van der Waals surface area contributed by atoms with E-state index in [1.165, 1.54) is 11.1 Å². The molecule has 1 saturated heterocycles. The molecule has 24 heavy (non-hydrogen) atoms. The van der Waals surface area contributed by atoms with Crippen LogP contribution in [0.1, 0.15) is 44.2 Å². The van der Waals surface area contributed by atoms with E-state index in [-0.39, 0.29) is 17.9 Å². The van der Waals surface area contributed by atoms with Gasteiger partial charge in [0, 0.05) is 37.2 Å². The number of nitrogens with one attached hydrogen (secondary N) is 2. The highest BCUT2D eigenvalue weighted by molar-refractivity contribution is 5.89. The van der Waals surface area contributed by atoms with Gasteiger partial charge in [-0.2, -0.15) is 0 Å². The van der Waals surface area contributed by atoms with Crippen molar-refractivity contribution in [2.45, 2.75) is 52.0 Å². The minimum atomic E-state index is -0.196. The van der Waals surface area contributed by atoms with Gasteiger partial charge in [-0.05, 0) is 48.9 Å². The topological polar surface area (TPSA) is 61.4 Å². The average Bonchev–Trinajstić information content (AvgIpc) is 3.35. The molecule has 0 bridgehead atoms. The van der Waals surface area contributed by atoms with Gasteiger partial charge in [-0.15, -0.1) is 0 Å². The van der Waals surface area contributed by atoms with Crippen LogP contribution in [0.15, 0.2) is 18.2 Å². The lowest BCUT2D eigenvalue weighted by Crippen LogP contribution is -2.34. The molecule has 3 rings (SSSR count). The van der Waals surface area contributed by atoms with Crippen LogP contribution < -0.4 is 10.6 Å². The van der Waals surface area contributed by atoms with Crippen LogP contribution in [0.25, 0.3) is 0 Å². The fraction of sp³-hybridized carbons (Fsp3) is 0.579. The number of rotatable bonds is 6. The maximum Gasteiger partial charge on any atom is 0.319 e. The SMILES string of the molecule is CCc1ccc(NC(=O)NC[C@H]2CC(=O)N(C3CC3)C2)cc1CC. The number of amides is 3. The van der Waals surface area contributed by atoms with E-state index in [1.807, 2.05) is 17.0 Å². The Morgan fingerprint density at radius 1 is 1.21 bits per heavy atom. The quantitative estimate of drug-likeness (QED) is 0.843. The summed E-state index contributed by atoms with van der Waals surface area (Å²) in [6.45, 7) is 5.60. The van der Waals surface area contributed by atoms with Crippen molar-refractivity contribution in [3.8, 4) is 0 Å². The molecule has 0 aromatic heterocycles. The number of benzene rings is 1. The molecule has 1 aliphatic carbocycles. The minimum Gasteiger partial charge on any atom is -0.339 e. The molecule has 1 aromatic rings. The third-order valence-corrected chi connectivity index (χ3v) is 5.00. The predicted octanol–water partition coefficient (Wildman–Crippen LogP) is 2.94. The summed E-state index contributed by atoms with van der Waals surface area (Å²) in [5, 5.41) is 5.81. The molecular formula is C19H27N3O2. The Balaban J connectivity index is 1.48. The molecule has 1 atom stereocenters. The molecule has 0 radical (unpaired) electrons. The second-order valence-electron chi connectivity index (χ2n) is 6.87. The van der Waals surface area contributed by atoms with E-state index in [2.05, 4.69) is 30.5 Å². The van der Waals surface area contributed by atoms with Crippen LogP contribution in [0, 0.1) is 5.92 Å². The molecule has 130 valence electrons. The summed E-state index contributed by atoms with van der Waals surface area (Å²) in [7, 11) is 0. The standard InChI is InChI=1S/C19H27N3O2/c1-3-14-5-6-16(10-15(14)4-2)21-19(24)20-11-13-9-18(23)22(12-13)17-7-8-17/h5-6,10,13,17H,3-4,7-9,11-12H2,1-2H3,(H2,20,21,24)/t13-/m1/s1. The van der Waals surface area contributed by atoms with Gasteiger partial charge < -0.3 is 15.5 Å².